The van der Waals surface area contributed by atoms with E-state index in [2.05, 4.69) is 56.1 Å². The number of hydrogen-bond donors (Lipinski definition) is 1. The van der Waals surface area contributed by atoms with Crippen LogP contribution in [0.5, 0.6) is 0 Å². The molecule has 2 aromatic rings. The first-order chi connectivity index (χ1) is 14.1. The van der Waals surface area contributed by atoms with Crippen LogP contribution < -0.4 is 15.1 Å². The molecule has 7 heteroatoms. The fraction of sp³-hybridized carbons (Fsp3) is 0.500. The zero-order valence-electron chi connectivity index (χ0n) is 17.3. The van der Waals surface area contributed by atoms with Gasteiger partial charge in [-0.15, -0.1) is 0 Å². The third kappa shape index (κ3) is 4.85. The second-order valence-electron chi connectivity index (χ2n) is 8.20. The van der Waals surface area contributed by atoms with E-state index < -0.39 is 0 Å². The van der Waals surface area contributed by atoms with Gasteiger partial charge in [0.25, 0.3) is 5.91 Å². The minimum atomic E-state index is -0.206. The fourth-order valence-corrected chi connectivity index (χ4v) is 3.85. The van der Waals surface area contributed by atoms with Crippen molar-refractivity contribution >= 4 is 23.2 Å². The van der Waals surface area contributed by atoms with Gasteiger partial charge in [0.2, 0.25) is 5.95 Å². The molecule has 1 aromatic heterocycles. The number of nitrogens with zero attached hydrogens (tertiary/aromatic N) is 5. The molecule has 3 heterocycles. The zero-order chi connectivity index (χ0) is 20.2. The lowest BCUT2D eigenvalue weighted by atomic mass is 9.99. The van der Waals surface area contributed by atoms with Gasteiger partial charge in [-0.1, -0.05) is 6.92 Å². The number of anilines is 3. The van der Waals surface area contributed by atoms with E-state index in [4.69, 9.17) is 0 Å². The van der Waals surface area contributed by atoms with Crippen LogP contribution in [0.15, 0.2) is 36.5 Å². The number of likely N-dealkylation sites (N-methyl/N-ethyl adjacent to an activating group) is 1. The maximum atomic E-state index is 12.7. The minimum Gasteiger partial charge on any atom is -0.372 e. The van der Waals surface area contributed by atoms with Crippen molar-refractivity contribution in [2.24, 2.45) is 5.92 Å². The monoisotopic (exact) mass is 394 g/mol. The number of nitrogens with one attached hydrogen (secondary N) is 1. The topological polar surface area (TPSA) is 64.6 Å². The average Bonchev–Trinajstić information content (AvgIpc) is 2.75. The van der Waals surface area contributed by atoms with Gasteiger partial charge in [-0.25, -0.2) is 9.97 Å². The van der Waals surface area contributed by atoms with E-state index in [0.29, 0.717) is 11.6 Å². The van der Waals surface area contributed by atoms with Crippen molar-refractivity contribution in [2.75, 3.05) is 61.4 Å². The number of amides is 1. The number of hydrogen-bond acceptors (Lipinski definition) is 6. The Morgan fingerprint density at radius 2 is 1.66 bits per heavy atom. The lowest BCUT2D eigenvalue weighted by Gasteiger charge is -2.32. The summed E-state index contributed by atoms with van der Waals surface area (Å²) in [5.74, 6) is 1.23. The van der Waals surface area contributed by atoms with Gasteiger partial charge in [0.1, 0.15) is 5.69 Å². The molecule has 2 saturated heterocycles. The van der Waals surface area contributed by atoms with Crippen LogP contribution in [0.3, 0.4) is 0 Å². The summed E-state index contributed by atoms with van der Waals surface area (Å²) in [6.07, 6.45) is 4.14. The largest absolute Gasteiger partial charge is 0.372 e. The highest BCUT2D eigenvalue weighted by atomic mass is 16.1. The van der Waals surface area contributed by atoms with E-state index in [1.54, 1.807) is 12.3 Å². The van der Waals surface area contributed by atoms with Crippen LogP contribution in [-0.4, -0.2) is 67.1 Å². The summed E-state index contributed by atoms with van der Waals surface area (Å²) in [5, 5.41) is 2.96. The molecule has 0 bridgehead atoms. The zero-order valence-corrected chi connectivity index (χ0v) is 17.3. The maximum Gasteiger partial charge on any atom is 0.274 e. The number of rotatable bonds is 4. The summed E-state index contributed by atoms with van der Waals surface area (Å²) < 4.78 is 0. The van der Waals surface area contributed by atoms with Crippen molar-refractivity contribution in [3.63, 3.8) is 0 Å². The van der Waals surface area contributed by atoms with Crippen LogP contribution in [0.1, 0.15) is 30.3 Å². The molecule has 7 nitrogen and oxygen atoms in total. The number of benzene rings is 1. The standard InChI is InChI=1S/C22H30N6O/c1-17-8-11-27(12-9-17)19-5-3-18(4-6-19)24-21(29)20-7-10-23-22(25-20)28-15-13-26(2)14-16-28/h3-7,10,17H,8-9,11-16H2,1-2H3,(H,24,29). The molecule has 2 aliphatic heterocycles. The Kier molecular flexibility index (Phi) is 5.94. The quantitative estimate of drug-likeness (QED) is 0.860. The van der Waals surface area contributed by atoms with Crippen LogP contribution in [-0.2, 0) is 0 Å². The van der Waals surface area contributed by atoms with Crippen molar-refractivity contribution in [1.82, 2.24) is 14.9 Å². The van der Waals surface area contributed by atoms with Crippen molar-refractivity contribution in [2.45, 2.75) is 19.8 Å². The van der Waals surface area contributed by atoms with Gasteiger partial charge in [0.05, 0.1) is 0 Å². The summed E-state index contributed by atoms with van der Waals surface area (Å²) >= 11 is 0. The smallest absolute Gasteiger partial charge is 0.274 e. The Bertz CT molecular complexity index is 823. The molecule has 1 N–H and O–H groups in total. The number of piperidine rings is 1. The lowest BCUT2D eigenvalue weighted by molar-refractivity contribution is 0.102. The fourth-order valence-electron chi connectivity index (χ4n) is 3.85. The van der Waals surface area contributed by atoms with E-state index in [1.165, 1.54) is 18.5 Å². The van der Waals surface area contributed by atoms with E-state index in [-0.39, 0.29) is 5.91 Å². The van der Waals surface area contributed by atoms with Crippen LogP contribution in [0.2, 0.25) is 0 Å². The first-order valence-electron chi connectivity index (χ1n) is 10.5. The van der Waals surface area contributed by atoms with Gasteiger partial charge in [0.15, 0.2) is 0 Å². The molecule has 0 atom stereocenters. The van der Waals surface area contributed by atoms with Crippen LogP contribution in [0.25, 0.3) is 0 Å². The van der Waals surface area contributed by atoms with E-state index >= 15 is 0 Å². The summed E-state index contributed by atoms with van der Waals surface area (Å²) in [4.78, 5) is 28.4. The first kappa shape index (κ1) is 19.6. The van der Waals surface area contributed by atoms with Crippen molar-refractivity contribution in [3.8, 4) is 0 Å². The van der Waals surface area contributed by atoms with Gasteiger partial charge < -0.3 is 20.0 Å². The Labute approximate surface area is 172 Å². The third-order valence-electron chi connectivity index (χ3n) is 5.94. The first-order valence-corrected chi connectivity index (χ1v) is 10.5. The molecule has 1 amide bonds. The molecule has 0 unspecified atom stereocenters. The number of piperazine rings is 1. The van der Waals surface area contributed by atoms with Gasteiger partial charge in [-0.2, -0.15) is 0 Å². The molecular formula is C22H30N6O. The Morgan fingerprint density at radius 1 is 0.966 bits per heavy atom. The predicted molar refractivity (Wildman–Crippen MR) is 117 cm³/mol. The van der Waals surface area contributed by atoms with Crippen LogP contribution >= 0.6 is 0 Å². The second-order valence-corrected chi connectivity index (χ2v) is 8.20. The van der Waals surface area contributed by atoms with Gasteiger partial charge in [0, 0.05) is 56.8 Å². The number of carbonyl (C=O) groups is 1. The van der Waals surface area contributed by atoms with Gasteiger partial charge >= 0.3 is 0 Å². The minimum absolute atomic E-state index is 0.206. The van der Waals surface area contributed by atoms with E-state index in [9.17, 15) is 4.79 Å². The molecule has 0 saturated carbocycles. The molecule has 2 aliphatic rings. The Balaban J connectivity index is 1.38. The molecule has 154 valence electrons. The maximum absolute atomic E-state index is 12.7. The highest BCUT2D eigenvalue weighted by Crippen LogP contribution is 2.24. The molecule has 4 rings (SSSR count). The normalized spacial score (nSPS) is 18.7. The Morgan fingerprint density at radius 3 is 2.34 bits per heavy atom. The highest BCUT2D eigenvalue weighted by molar-refractivity contribution is 6.03. The van der Waals surface area contributed by atoms with Gasteiger partial charge in [-0.05, 0) is 56.1 Å². The van der Waals surface area contributed by atoms with E-state index in [0.717, 1.165) is 50.9 Å². The van der Waals surface area contributed by atoms with Crippen molar-refractivity contribution in [3.05, 3.63) is 42.2 Å². The number of carbonyl (C=O) groups excluding carboxylic acids is 1. The summed E-state index contributed by atoms with van der Waals surface area (Å²) in [6, 6.07) is 9.77. The molecule has 1 aromatic carbocycles. The molecule has 0 spiro atoms. The Hall–Kier alpha value is -2.67. The third-order valence-corrected chi connectivity index (χ3v) is 5.94. The SMILES string of the molecule is CC1CCN(c2ccc(NC(=O)c3ccnc(N4CCN(C)CC4)n3)cc2)CC1. The summed E-state index contributed by atoms with van der Waals surface area (Å²) in [7, 11) is 2.11. The van der Waals surface area contributed by atoms with Crippen molar-refractivity contribution < 1.29 is 4.79 Å². The van der Waals surface area contributed by atoms with Crippen LogP contribution in [0, 0.1) is 5.92 Å². The summed E-state index contributed by atoms with van der Waals surface area (Å²) in [6.45, 7) is 8.21. The predicted octanol–water partition coefficient (Wildman–Crippen LogP) is 2.72. The molecule has 0 radical (unpaired) electrons. The molecule has 29 heavy (non-hydrogen) atoms. The van der Waals surface area contributed by atoms with E-state index in [1.807, 2.05) is 12.1 Å². The molecule has 2 fully saturated rings. The highest BCUT2D eigenvalue weighted by Gasteiger charge is 2.19. The average molecular weight is 395 g/mol. The second kappa shape index (κ2) is 8.78. The summed E-state index contributed by atoms with van der Waals surface area (Å²) in [5.41, 5.74) is 2.39. The number of aromatic nitrogens is 2. The van der Waals surface area contributed by atoms with Crippen molar-refractivity contribution in [1.29, 1.82) is 0 Å². The lowest BCUT2D eigenvalue weighted by Crippen LogP contribution is -2.45. The van der Waals surface area contributed by atoms with Gasteiger partial charge in [-0.3, -0.25) is 4.79 Å². The van der Waals surface area contributed by atoms with Crippen LogP contribution in [0.4, 0.5) is 17.3 Å². The molecule has 0 aliphatic carbocycles. The molecular weight excluding hydrogens is 364 g/mol.